The van der Waals surface area contributed by atoms with E-state index in [0.717, 1.165) is 5.56 Å². The van der Waals surface area contributed by atoms with Gasteiger partial charge < -0.3 is 4.74 Å². The summed E-state index contributed by atoms with van der Waals surface area (Å²) >= 11 is 0. The fourth-order valence-electron chi connectivity index (χ4n) is 1.57. The molecule has 76 valence electrons. The lowest BCUT2D eigenvalue weighted by Gasteiger charge is -2.08. The first-order chi connectivity index (χ1) is 7.20. The van der Waals surface area contributed by atoms with E-state index >= 15 is 0 Å². The van der Waals surface area contributed by atoms with Crippen LogP contribution in [0.25, 0.3) is 0 Å². The second-order valence-electron chi connectivity index (χ2n) is 3.39. The molecule has 1 saturated heterocycles. The molecule has 15 heavy (non-hydrogen) atoms. The number of halogens is 1. The highest BCUT2D eigenvalue weighted by molar-refractivity contribution is 5.77. The molecule has 0 aromatic heterocycles. The third-order valence-electron chi connectivity index (χ3n) is 2.39. The minimum atomic E-state index is -0.694. The topological polar surface area (TPSA) is 50.1 Å². The molecule has 1 aromatic carbocycles. The van der Waals surface area contributed by atoms with Crippen LogP contribution < -0.4 is 0 Å². The molecule has 0 saturated carbocycles. The number of carbonyl (C=O) groups is 1. The minimum Gasteiger partial charge on any atom is -0.456 e. The zero-order valence-electron chi connectivity index (χ0n) is 7.81. The van der Waals surface area contributed by atoms with Gasteiger partial charge in [0, 0.05) is 6.42 Å². The Balaban J connectivity index is 2.18. The highest BCUT2D eigenvalue weighted by atomic mass is 19.1. The van der Waals surface area contributed by atoms with Crippen molar-refractivity contribution in [3.8, 4) is 6.07 Å². The number of hydrogen-bond acceptors (Lipinski definition) is 3. The van der Waals surface area contributed by atoms with Crippen molar-refractivity contribution >= 4 is 5.97 Å². The molecule has 0 spiro atoms. The molecular weight excluding hydrogens is 197 g/mol. The van der Waals surface area contributed by atoms with Crippen molar-refractivity contribution in [2.24, 2.45) is 5.92 Å². The Kier molecular flexibility index (Phi) is 2.38. The summed E-state index contributed by atoms with van der Waals surface area (Å²) in [5, 5.41) is 8.63. The molecular formula is C11H8FNO2. The lowest BCUT2D eigenvalue weighted by molar-refractivity contribution is -0.143. The molecule has 0 bridgehead atoms. The van der Waals surface area contributed by atoms with E-state index in [-0.39, 0.29) is 5.82 Å². The number of nitrogens with zero attached hydrogens (tertiary/aromatic N) is 1. The van der Waals surface area contributed by atoms with Gasteiger partial charge in [0.1, 0.15) is 17.8 Å². The number of ether oxygens (including phenoxy) is 1. The summed E-state index contributed by atoms with van der Waals surface area (Å²) in [6.07, 6.45) is -0.0659. The average molecular weight is 205 g/mol. The Morgan fingerprint density at radius 2 is 2.07 bits per heavy atom. The molecule has 0 aliphatic carbocycles. The SMILES string of the molecule is N#CC1CC(c2ccc(F)cc2)OC1=O. The highest BCUT2D eigenvalue weighted by Gasteiger charge is 2.35. The van der Waals surface area contributed by atoms with E-state index in [1.54, 1.807) is 12.1 Å². The second kappa shape index (κ2) is 3.70. The van der Waals surface area contributed by atoms with Crippen LogP contribution in [0.2, 0.25) is 0 Å². The van der Waals surface area contributed by atoms with Crippen LogP contribution in [0.5, 0.6) is 0 Å². The largest absolute Gasteiger partial charge is 0.456 e. The maximum atomic E-state index is 12.6. The molecule has 3 nitrogen and oxygen atoms in total. The van der Waals surface area contributed by atoms with Crippen LogP contribution in [0.3, 0.4) is 0 Å². The van der Waals surface area contributed by atoms with E-state index in [1.807, 2.05) is 6.07 Å². The predicted molar refractivity (Wildman–Crippen MR) is 49.0 cm³/mol. The Bertz CT molecular complexity index is 421. The standard InChI is InChI=1S/C11H8FNO2/c12-9-3-1-7(2-4-9)10-5-8(6-13)11(14)15-10/h1-4,8,10H,5H2. The van der Waals surface area contributed by atoms with Gasteiger partial charge >= 0.3 is 5.97 Å². The summed E-state index contributed by atoms with van der Waals surface area (Å²) in [7, 11) is 0. The van der Waals surface area contributed by atoms with Crippen molar-refractivity contribution in [3.63, 3.8) is 0 Å². The van der Waals surface area contributed by atoms with Gasteiger partial charge in [0.25, 0.3) is 0 Å². The van der Waals surface area contributed by atoms with E-state index in [1.165, 1.54) is 12.1 Å². The van der Waals surface area contributed by atoms with E-state index < -0.39 is 18.0 Å². The first-order valence-electron chi connectivity index (χ1n) is 4.56. The number of benzene rings is 1. The molecule has 4 heteroatoms. The van der Waals surface area contributed by atoms with Crippen molar-refractivity contribution in [1.29, 1.82) is 5.26 Å². The van der Waals surface area contributed by atoms with E-state index in [2.05, 4.69) is 0 Å². The van der Waals surface area contributed by atoms with Gasteiger partial charge in [-0.2, -0.15) is 5.26 Å². The highest BCUT2D eigenvalue weighted by Crippen LogP contribution is 2.32. The summed E-state index contributed by atoms with van der Waals surface area (Å²) < 4.78 is 17.6. The fraction of sp³-hybridized carbons (Fsp3) is 0.273. The van der Waals surface area contributed by atoms with Crippen LogP contribution in [0.1, 0.15) is 18.1 Å². The monoisotopic (exact) mass is 205 g/mol. The van der Waals surface area contributed by atoms with Crippen molar-refractivity contribution in [3.05, 3.63) is 35.6 Å². The maximum Gasteiger partial charge on any atom is 0.324 e. The quantitative estimate of drug-likeness (QED) is 0.658. The van der Waals surface area contributed by atoms with Crippen LogP contribution >= 0.6 is 0 Å². The molecule has 2 rings (SSSR count). The van der Waals surface area contributed by atoms with Gasteiger partial charge in [0.15, 0.2) is 0 Å². The second-order valence-corrected chi connectivity index (χ2v) is 3.39. The van der Waals surface area contributed by atoms with Gasteiger partial charge in [-0.3, -0.25) is 4.79 Å². The Hall–Kier alpha value is -1.89. The molecule has 0 radical (unpaired) electrons. The number of hydrogen-bond donors (Lipinski definition) is 0. The summed E-state index contributed by atoms with van der Waals surface area (Å²) in [5.41, 5.74) is 0.725. The smallest absolute Gasteiger partial charge is 0.324 e. The fourth-order valence-corrected chi connectivity index (χ4v) is 1.57. The van der Waals surface area contributed by atoms with Crippen LogP contribution in [-0.2, 0) is 9.53 Å². The van der Waals surface area contributed by atoms with Gasteiger partial charge in [-0.1, -0.05) is 12.1 Å². The van der Waals surface area contributed by atoms with Gasteiger partial charge in [-0.15, -0.1) is 0 Å². The predicted octanol–water partition coefficient (Wildman–Crippen LogP) is 1.95. The number of esters is 1. The lowest BCUT2D eigenvalue weighted by Crippen LogP contribution is -2.03. The Morgan fingerprint density at radius 1 is 1.40 bits per heavy atom. The van der Waals surface area contributed by atoms with Gasteiger partial charge in [-0.25, -0.2) is 4.39 Å². The molecule has 1 aliphatic heterocycles. The third-order valence-corrected chi connectivity index (χ3v) is 2.39. The van der Waals surface area contributed by atoms with Crippen LogP contribution in [-0.4, -0.2) is 5.97 Å². The molecule has 2 atom stereocenters. The molecule has 0 N–H and O–H groups in total. The number of carbonyl (C=O) groups excluding carboxylic acids is 1. The number of cyclic esters (lactones) is 1. The zero-order valence-corrected chi connectivity index (χ0v) is 7.81. The van der Waals surface area contributed by atoms with Crippen molar-refractivity contribution in [2.45, 2.75) is 12.5 Å². The van der Waals surface area contributed by atoms with Crippen LogP contribution in [0.15, 0.2) is 24.3 Å². The molecule has 1 aromatic rings. The summed E-state index contributed by atoms with van der Waals surface area (Å²) in [4.78, 5) is 11.1. The molecule has 2 unspecified atom stereocenters. The van der Waals surface area contributed by atoms with Gasteiger partial charge in [0.2, 0.25) is 0 Å². The normalized spacial score (nSPS) is 24.7. The molecule has 1 fully saturated rings. The molecule has 0 amide bonds. The van der Waals surface area contributed by atoms with Crippen molar-refractivity contribution in [2.75, 3.05) is 0 Å². The van der Waals surface area contributed by atoms with E-state index in [0.29, 0.717) is 6.42 Å². The Labute approximate surface area is 86.1 Å². The zero-order chi connectivity index (χ0) is 10.8. The van der Waals surface area contributed by atoms with E-state index in [4.69, 9.17) is 10.00 Å². The van der Waals surface area contributed by atoms with Crippen molar-refractivity contribution in [1.82, 2.24) is 0 Å². The van der Waals surface area contributed by atoms with Gasteiger partial charge in [-0.05, 0) is 17.7 Å². The maximum absolute atomic E-state index is 12.6. The van der Waals surface area contributed by atoms with Crippen LogP contribution in [0, 0.1) is 23.1 Å². The van der Waals surface area contributed by atoms with Gasteiger partial charge in [0.05, 0.1) is 6.07 Å². The summed E-state index contributed by atoms with van der Waals surface area (Å²) in [6, 6.07) is 7.62. The first kappa shape index (κ1) is 9.66. The number of nitriles is 1. The number of rotatable bonds is 1. The van der Waals surface area contributed by atoms with Crippen molar-refractivity contribution < 1.29 is 13.9 Å². The van der Waals surface area contributed by atoms with Crippen LogP contribution in [0.4, 0.5) is 4.39 Å². The summed E-state index contributed by atoms with van der Waals surface area (Å²) in [6.45, 7) is 0. The lowest BCUT2D eigenvalue weighted by atomic mass is 10.0. The third kappa shape index (κ3) is 1.82. The summed E-state index contributed by atoms with van der Waals surface area (Å²) in [5.74, 6) is -1.52. The molecule has 1 heterocycles. The minimum absolute atomic E-state index is 0.333. The van der Waals surface area contributed by atoms with E-state index in [9.17, 15) is 9.18 Å². The Morgan fingerprint density at radius 3 is 2.60 bits per heavy atom. The average Bonchev–Trinajstić information content (AvgIpc) is 2.61. The molecule has 1 aliphatic rings. The first-order valence-corrected chi connectivity index (χ1v) is 4.56.